The fourth-order valence-electron chi connectivity index (χ4n) is 3.54. The van der Waals surface area contributed by atoms with Crippen LogP contribution in [0.4, 0.5) is 0 Å². The fraction of sp³-hybridized carbons (Fsp3) is 0.500. The molecule has 1 aromatic heterocycles. The van der Waals surface area contributed by atoms with E-state index in [1.165, 1.54) is 18.4 Å². The highest BCUT2D eigenvalue weighted by Gasteiger charge is 2.33. The van der Waals surface area contributed by atoms with Gasteiger partial charge in [-0.2, -0.15) is 0 Å². The molecule has 0 amide bonds. The van der Waals surface area contributed by atoms with Crippen LogP contribution in [0.5, 0.6) is 0 Å². The second kappa shape index (κ2) is 6.02. The molecule has 0 spiro atoms. The Balaban J connectivity index is 1.64. The summed E-state index contributed by atoms with van der Waals surface area (Å²) in [6.07, 6.45) is 9.38. The summed E-state index contributed by atoms with van der Waals surface area (Å²) in [5, 5.41) is 0. The largest absolute Gasteiger partial charge is 0.335 e. The standard InChI is InChI=1S/C18H25N3/c1-2-21-13-12-20-17(21)14-18(19)10-8-16(9-11-18)15-6-4-3-5-7-15/h3-7,12-13,16H,2,8-11,14,19H2,1H3. The van der Waals surface area contributed by atoms with Crippen molar-refractivity contribution in [2.24, 2.45) is 5.73 Å². The molecule has 1 aliphatic rings. The molecule has 0 aliphatic heterocycles. The molecule has 3 heteroatoms. The van der Waals surface area contributed by atoms with Crippen molar-refractivity contribution in [3.05, 3.63) is 54.1 Å². The second-order valence-corrected chi connectivity index (χ2v) is 6.35. The van der Waals surface area contributed by atoms with Crippen molar-refractivity contribution < 1.29 is 0 Å². The third-order valence-corrected chi connectivity index (χ3v) is 4.90. The van der Waals surface area contributed by atoms with Gasteiger partial charge in [0.15, 0.2) is 0 Å². The van der Waals surface area contributed by atoms with Crippen molar-refractivity contribution in [1.82, 2.24) is 9.55 Å². The molecule has 2 N–H and O–H groups in total. The van der Waals surface area contributed by atoms with Crippen molar-refractivity contribution in [1.29, 1.82) is 0 Å². The second-order valence-electron chi connectivity index (χ2n) is 6.35. The quantitative estimate of drug-likeness (QED) is 0.933. The molecule has 2 aromatic rings. The van der Waals surface area contributed by atoms with Gasteiger partial charge in [0.2, 0.25) is 0 Å². The molecule has 3 rings (SSSR count). The van der Waals surface area contributed by atoms with Crippen LogP contribution in [0.15, 0.2) is 42.7 Å². The third kappa shape index (κ3) is 3.18. The summed E-state index contributed by atoms with van der Waals surface area (Å²) in [5.41, 5.74) is 8.05. The highest BCUT2D eigenvalue weighted by atomic mass is 15.1. The Bertz CT molecular complexity index is 565. The SMILES string of the molecule is CCn1ccnc1CC1(N)CCC(c2ccccc2)CC1. The highest BCUT2D eigenvalue weighted by Crippen LogP contribution is 2.38. The molecular formula is C18H25N3. The molecule has 0 bridgehead atoms. The maximum Gasteiger partial charge on any atom is 0.110 e. The van der Waals surface area contributed by atoms with Gasteiger partial charge in [0, 0.05) is 30.9 Å². The van der Waals surface area contributed by atoms with E-state index in [-0.39, 0.29) is 5.54 Å². The summed E-state index contributed by atoms with van der Waals surface area (Å²) in [5.74, 6) is 1.81. The summed E-state index contributed by atoms with van der Waals surface area (Å²) in [7, 11) is 0. The monoisotopic (exact) mass is 283 g/mol. The Kier molecular flexibility index (Phi) is 4.11. The van der Waals surface area contributed by atoms with E-state index in [2.05, 4.69) is 46.8 Å². The van der Waals surface area contributed by atoms with Crippen molar-refractivity contribution in [3.63, 3.8) is 0 Å². The molecule has 21 heavy (non-hydrogen) atoms. The minimum atomic E-state index is -0.0798. The van der Waals surface area contributed by atoms with Gasteiger partial charge >= 0.3 is 0 Å². The van der Waals surface area contributed by atoms with Crippen LogP contribution < -0.4 is 5.73 Å². The van der Waals surface area contributed by atoms with Gasteiger partial charge in [-0.05, 0) is 44.1 Å². The normalized spacial score (nSPS) is 25.9. The van der Waals surface area contributed by atoms with E-state index in [1.807, 2.05) is 12.4 Å². The molecule has 3 nitrogen and oxygen atoms in total. The predicted octanol–water partition coefficient (Wildman–Crippen LogP) is 3.50. The van der Waals surface area contributed by atoms with Gasteiger partial charge in [0.25, 0.3) is 0 Å². The van der Waals surface area contributed by atoms with Crippen molar-refractivity contribution in [2.75, 3.05) is 0 Å². The minimum absolute atomic E-state index is 0.0798. The number of imidazole rings is 1. The first-order valence-electron chi connectivity index (χ1n) is 8.04. The molecule has 112 valence electrons. The molecule has 1 aromatic carbocycles. The number of aryl methyl sites for hydroxylation is 1. The Hall–Kier alpha value is -1.61. The zero-order valence-corrected chi connectivity index (χ0v) is 12.8. The first-order valence-corrected chi connectivity index (χ1v) is 8.04. The van der Waals surface area contributed by atoms with E-state index in [9.17, 15) is 0 Å². The van der Waals surface area contributed by atoms with E-state index in [1.54, 1.807) is 0 Å². The average molecular weight is 283 g/mol. The van der Waals surface area contributed by atoms with Crippen LogP contribution in [0, 0.1) is 0 Å². The number of nitrogens with zero attached hydrogens (tertiary/aromatic N) is 2. The van der Waals surface area contributed by atoms with Crippen LogP contribution in [-0.2, 0) is 13.0 Å². The van der Waals surface area contributed by atoms with E-state index >= 15 is 0 Å². The average Bonchev–Trinajstić information content (AvgIpc) is 2.95. The van der Waals surface area contributed by atoms with Gasteiger partial charge in [-0.1, -0.05) is 30.3 Å². The van der Waals surface area contributed by atoms with E-state index in [0.717, 1.165) is 31.6 Å². The number of nitrogens with two attached hydrogens (primary N) is 1. The lowest BCUT2D eigenvalue weighted by atomic mass is 9.73. The Morgan fingerprint density at radius 2 is 1.95 bits per heavy atom. The van der Waals surface area contributed by atoms with Crippen LogP contribution in [0.2, 0.25) is 0 Å². The van der Waals surface area contributed by atoms with Crippen molar-refractivity contribution in [3.8, 4) is 0 Å². The Labute approximate surface area is 127 Å². The molecule has 0 radical (unpaired) electrons. The highest BCUT2D eigenvalue weighted by molar-refractivity contribution is 5.21. The smallest absolute Gasteiger partial charge is 0.110 e. The first kappa shape index (κ1) is 14.3. The van der Waals surface area contributed by atoms with E-state index in [4.69, 9.17) is 5.73 Å². The summed E-state index contributed by atoms with van der Waals surface area (Å²) in [6, 6.07) is 10.9. The maximum atomic E-state index is 6.66. The number of hydrogen-bond donors (Lipinski definition) is 1. The zero-order valence-electron chi connectivity index (χ0n) is 12.8. The van der Waals surface area contributed by atoms with Gasteiger partial charge in [0.05, 0.1) is 0 Å². The maximum absolute atomic E-state index is 6.66. The van der Waals surface area contributed by atoms with Crippen LogP contribution in [0.25, 0.3) is 0 Å². The summed E-state index contributed by atoms with van der Waals surface area (Å²) in [4.78, 5) is 4.49. The number of hydrogen-bond acceptors (Lipinski definition) is 2. The summed E-state index contributed by atoms with van der Waals surface area (Å²) >= 11 is 0. The molecule has 1 aliphatic carbocycles. The van der Waals surface area contributed by atoms with Crippen LogP contribution in [0.3, 0.4) is 0 Å². The molecule has 0 saturated heterocycles. The van der Waals surface area contributed by atoms with Gasteiger partial charge in [-0.3, -0.25) is 0 Å². The summed E-state index contributed by atoms with van der Waals surface area (Å²) < 4.78 is 2.21. The first-order chi connectivity index (χ1) is 10.2. The zero-order chi connectivity index (χ0) is 14.7. The Morgan fingerprint density at radius 1 is 1.24 bits per heavy atom. The molecule has 1 heterocycles. The van der Waals surface area contributed by atoms with E-state index in [0.29, 0.717) is 5.92 Å². The van der Waals surface area contributed by atoms with Crippen LogP contribution in [0.1, 0.15) is 49.9 Å². The van der Waals surface area contributed by atoms with Crippen LogP contribution in [-0.4, -0.2) is 15.1 Å². The number of aromatic nitrogens is 2. The van der Waals surface area contributed by atoms with Crippen LogP contribution >= 0.6 is 0 Å². The third-order valence-electron chi connectivity index (χ3n) is 4.90. The topological polar surface area (TPSA) is 43.8 Å². The van der Waals surface area contributed by atoms with Gasteiger partial charge in [0.1, 0.15) is 5.82 Å². The lowest BCUT2D eigenvalue weighted by Gasteiger charge is -2.37. The number of rotatable bonds is 4. The molecule has 1 saturated carbocycles. The van der Waals surface area contributed by atoms with Crippen molar-refractivity contribution in [2.45, 2.75) is 57.0 Å². The number of benzene rings is 1. The molecule has 1 fully saturated rings. The summed E-state index contributed by atoms with van der Waals surface area (Å²) in [6.45, 7) is 3.12. The van der Waals surface area contributed by atoms with Gasteiger partial charge in [-0.25, -0.2) is 4.98 Å². The minimum Gasteiger partial charge on any atom is -0.335 e. The molecule has 0 atom stereocenters. The molecule has 0 unspecified atom stereocenters. The molecular weight excluding hydrogens is 258 g/mol. The van der Waals surface area contributed by atoms with Crippen molar-refractivity contribution >= 4 is 0 Å². The van der Waals surface area contributed by atoms with Gasteiger partial charge in [-0.15, -0.1) is 0 Å². The fourth-order valence-corrected chi connectivity index (χ4v) is 3.54. The Morgan fingerprint density at radius 3 is 2.62 bits per heavy atom. The predicted molar refractivity (Wildman–Crippen MR) is 86.2 cm³/mol. The lowest BCUT2D eigenvalue weighted by Crippen LogP contribution is -2.45. The van der Waals surface area contributed by atoms with Gasteiger partial charge < -0.3 is 10.3 Å². The lowest BCUT2D eigenvalue weighted by molar-refractivity contribution is 0.265. The van der Waals surface area contributed by atoms with E-state index < -0.39 is 0 Å².